The zero-order chi connectivity index (χ0) is 15.0. The van der Waals surface area contributed by atoms with E-state index in [0.717, 1.165) is 38.8 Å². The third kappa shape index (κ3) is 2.58. The van der Waals surface area contributed by atoms with Crippen LogP contribution in [0.4, 0.5) is 0 Å². The molecule has 2 aliphatic heterocycles. The molecule has 21 heavy (non-hydrogen) atoms. The fourth-order valence-electron chi connectivity index (χ4n) is 4.48. The molecule has 3 fully saturated rings. The van der Waals surface area contributed by atoms with Gasteiger partial charge in [0.15, 0.2) is 0 Å². The van der Waals surface area contributed by atoms with E-state index < -0.39 is 0 Å². The summed E-state index contributed by atoms with van der Waals surface area (Å²) >= 11 is 0. The van der Waals surface area contributed by atoms with Crippen LogP contribution in [0.2, 0.25) is 0 Å². The van der Waals surface area contributed by atoms with Crippen LogP contribution >= 0.6 is 0 Å². The van der Waals surface area contributed by atoms with Gasteiger partial charge in [0.1, 0.15) is 12.1 Å². The van der Waals surface area contributed by atoms with Crippen molar-refractivity contribution >= 4 is 11.8 Å². The van der Waals surface area contributed by atoms with Gasteiger partial charge in [0.05, 0.1) is 0 Å². The maximum absolute atomic E-state index is 12.9. The second kappa shape index (κ2) is 5.98. The molecule has 2 amide bonds. The monoisotopic (exact) mass is 292 g/mol. The van der Waals surface area contributed by atoms with E-state index in [2.05, 4.69) is 6.92 Å². The van der Waals surface area contributed by atoms with Gasteiger partial charge in [-0.2, -0.15) is 0 Å². The Hall–Kier alpha value is -1.06. The van der Waals surface area contributed by atoms with Crippen molar-refractivity contribution in [3.8, 4) is 0 Å². The van der Waals surface area contributed by atoms with Crippen molar-refractivity contribution in [3.05, 3.63) is 0 Å². The van der Waals surface area contributed by atoms with Crippen molar-refractivity contribution in [2.24, 2.45) is 11.8 Å². The van der Waals surface area contributed by atoms with E-state index in [1.807, 2.05) is 16.7 Å². The summed E-state index contributed by atoms with van der Waals surface area (Å²) in [5.74, 6) is 1.70. The predicted molar refractivity (Wildman–Crippen MR) is 81.6 cm³/mol. The molecule has 1 aliphatic carbocycles. The number of amides is 2. The molecule has 1 saturated carbocycles. The first-order valence-corrected chi connectivity index (χ1v) is 8.74. The van der Waals surface area contributed by atoms with Gasteiger partial charge in [0, 0.05) is 13.1 Å². The van der Waals surface area contributed by atoms with Crippen LogP contribution in [0, 0.1) is 11.8 Å². The lowest BCUT2D eigenvalue weighted by molar-refractivity contribution is -0.164. The van der Waals surface area contributed by atoms with Crippen LogP contribution < -0.4 is 0 Å². The Morgan fingerprint density at radius 3 is 2.52 bits per heavy atom. The van der Waals surface area contributed by atoms with Crippen LogP contribution in [-0.4, -0.2) is 46.8 Å². The zero-order valence-electron chi connectivity index (χ0n) is 13.4. The van der Waals surface area contributed by atoms with E-state index in [0.29, 0.717) is 11.8 Å². The standard InChI is InChI=1S/C17H28N2O2/c1-3-14-16(20)18-10-5-4-9-15(18)17(21)19(14)11-13-8-6-7-12(13)2/h12-15H,3-11H2,1-2H3. The van der Waals surface area contributed by atoms with Crippen LogP contribution in [0.25, 0.3) is 0 Å². The van der Waals surface area contributed by atoms with E-state index in [1.54, 1.807) is 0 Å². The second-order valence-electron chi connectivity index (χ2n) is 7.13. The number of carbonyl (C=O) groups excluding carboxylic acids is 2. The first kappa shape index (κ1) is 14.9. The summed E-state index contributed by atoms with van der Waals surface area (Å²) in [6.07, 6.45) is 7.48. The predicted octanol–water partition coefficient (Wildman–Crippen LogP) is 2.42. The average molecular weight is 292 g/mol. The van der Waals surface area contributed by atoms with Gasteiger partial charge in [0.25, 0.3) is 0 Å². The van der Waals surface area contributed by atoms with E-state index in [9.17, 15) is 9.59 Å². The number of nitrogens with zero attached hydrogens (tertiary/aromatic N) is 2. The third-order valence-electron chi connectivity index (χ3n) is 5.87. The summed E-state index contributed by atoms with van der Waals surface area (Å²) in [6, 6.07) is -0.370. The van der Waals surface area contributed by atoms with Crippen molar-refractivity contribution in [1.82, 2.24) is 9.80 Å². The highest BCUT2D eigenvalue weighted by atomic mass is 16.2. The summed E-state index contributed by atoms with van der Waals surface area (Å²) in [4.78, 5) is 29.5. The average Bonchev–Trinajstić information content (AvgIpc) is 2.90. The molecule has 0 aromatic carbocycles. The fraction of sp³-hybridized carbons (Fsp3) is 0.882. The number of carbonyl (C=O) groups is 2. The molecular formula is C17H28N2O2. The SMILES string of the molecule is CCC1C(=O)N2CCCCC2C(=O)N1CC1CCCC1C. The summed E-state index contributed by atoms with van der Waals surface area (Å²) in [5, 5.41) is 0. The normalized spacial score (nSPS) is 37.0. The van der Waals surface area contributed by atoms with Gasteiger partial charge in [-0.25, -0.2) is 0 Å². The van der Waals surface area contributed by atoms with Crippen molar-refractivity contribution < 1.29 is 9.59 Å². The molecular weight excluding hydrogens is 264 g/mol. The third-order valence-corrected chi connectivity index (χ3v) is 5.87. The smallest absolute Gasteiger partial charge is 0.246 e. The minimum atomic E-state index is -0.209. The first-order chi connectivity index (χ1) is 10.1. The van der Waals surface area contributed by atoms with Crippen LogP contribution in [0.15, 0.2) is 0 Å². The van der Waals surface area contributed by atoms with Crippen LogP contribution in [0.3, 0.4) is 0 Å². The summed E-state index contributed by atoms with van der Waals surface area (Å²) in [7, 11) is 0. The molecule has 4 nitrogen and oxygen atoms in total. The molecule has 4 heteroatoms. The molecule has 3 rings (SSSR count). The quantitative estimate of drug-likeness (QED) is 0.801. The van der Waals surface area contributed by atoms with Crippen molar-refractivity contribution in [1.29, 1.82) is 0 Å². The van der Waals surface area contributed by atoms with Gasteiger partial charge in [-0.3, -0.25) is 9.59 Å². The minimum absolute atomic E-state index is 0.161. The van der Waals surface area contributed by atoms with Crippen molar-refractivity contribution in [3.63, 3.8) is 0 Å². The highest BCUT2D eigenvalue weighted by molar-refractivity contribution is 5.97. The summed E-state index contributed by atoms with van der Waals surface area (Å²) < 4.78 is 0. The van der Waals surface area contributed by atoms with Crippen molar-refractivity contribution in [2.75, 3.05) is 13.1 Å². The minimum Gasteiger partial charge on any atom is -0.329 e. The molecule has 0 radical (unpaired) electrons. The zero-order valence-corrected chi connectivity index (χ0v) is 13.4. The number of fused-ring (bicyclic) bond motifs is 1. The summed E-state index contributed by atoms with van der Waals surface area (Å²) in [6.45, 7) is 5.90. The highest BCUT2D eigenvalue weighted by Gasteiger charge is 2.46. The van der Waals surface area contributed by atoms with Gasteiger partial charge in [-0.1, -0.05) is 26.7 Å². The van der Waals surface area contributed by atoms with Crippen LogP contribution in [0.5, 0.6) is 0 Å². The first-order valence-electron chi connectivity index (χ1n) is 8.74. The molecule has 4 unspecified atom stereocenters. The van der Waals surface area contributed by atoms with Gasteiger partial charge in [0.2, 0.25) is 11.8 Å². The molecule has 0 N–H and O–H groups in total. The number of rotatable bonds is 3. The van der Waals surface area contributed by atoms with Gasteiger partial charge in [-0.05, 0) is 43.9 Å². The topological polar surface area (TPSA) is 40.6 Å². The fourth-order valence-corrected chi connectivity index (χ4v) is 4.48. The number of piperazine rings is 1. The largest absolute Gasteiger partial charge is 0.329 e. The molecule has 118 valence electrons. The lowest BCUT2D eigenvalue weighted by Gasteiger charge is -2.47. The number of hydrogen-bond acceptors (Lipinski definition) is 2. The Labute approximate surface area is 127 Å². The molecule has 2 saturated heterocycles. The van der Waals surface area contributed by atoms with E-state index >= 15 is 0 Å². The van der Waals surface area contributed by atoms with Gasteiger partial charge in [-0.15, -0.1) is 0 Å². The highest BCUT2D eigenvalue weighted by Crippen LogP contribution is 2.34. The Kier molecular flexibility index (Phi) is 4.23. The molecule has 2 heterocycles. The van der Waals surface area contributed by atoms with Crippen LogP contribution in [0.1, 0.15) is 58.8 Å². The Bertz CT molecular complexity index is 423. The lowest BCUT2D eigenvalue weighted by atomic mass is 9.91. The second-order valence-corrected chi connectivity index (χ2v) is 7.13. The molecule has 4 atom stereocenters. The maximum atomic E-state index is 12.9. The molecule has 3 aliphatic rings. The van der Waals surface area contributed by atoms with Crippen LogP contribution in [-0.2, 0) is 9.59 Å². The number of piperidine rings is 1. The number of hydrogen-bond donors (Lipinski definition) is 0. The molecule has 0 aromatic rings. The van der Waals surface area contributed by atoms with Crippen molar-refractivity contribution in [2.45, 2.75) is 70.9 Å². The van der Waals surface area contributed by atoms with Gasteiger partial charge >= 0.3 is 0 Å². The van der Waals surface area contributed by atoms with E-state index in [-0.39, 0.29) is 23.9 Å². The lowest BCUT2D eigenvalue weighted by Crippen LogP contribution is -2.66. The Morgan fingerprint density at radius 2 is 1.86 bits per heavy atom. The Balaban J connectivity index is 1.79. The van der Waals surface area contributed by atoms with Gasteiger partial charge < -0.3 is 9.80 Å². The molecule has 0 spiro atoms. The Morgan fingerprint density at radius 1 is 1.05 bits per heavy atom. The van der Waals surface area contributed by atoms with E-state index in [1.165, 1.54) is 19.3 Å². The van der Waals surface area contributed by atoms with E-state index in [4.69, 9.17) is 0 Å². The molecule has 0 bridgehead atoms. The maximum Gasteiger partial charge on any atom is 0.246 e. The summed E-state index contributed by atoms with van der Waals surface area (Å²) in [5.41, 5.74) is 0. The molecule has 0 aromatic heterocycles.